The highest BCUT2D eigenvalue weighted by atomic mass is 16.5. The molecule has 2 aromatic rings. The largest absolute Gasteiger partial charge is 0.484 e. The molecule has 0 amide bonds. The first-order valence-electron chi connectivity index (χ1n) is 6.41. The standard InChI is InChI=1S/C13H20N4O/c1-4-6-16-9-13(8-14-16)18-10-12-7-11(3)15-17(12)5-2/h7-9H,4-6,10H2,1-3H3. The molecule has 0 aliphatic rings. The van der Waals surface area contributed by atoms with Crippen molar-refractivity contribution in [3.63, 3.8) is 0 Å². The van der Waals surface area contributed by atoms with E-state index in [0.717, 1.165) is 36.6 Å². The van der Waals surface area contributed by atoms with E-state index in [-0.39, 0.29) is 0 Å². The van der Waals surface area contributed by atoms with Gasteiger partial charge in [-0.05, 0) is 26.3 Å². The summed E-state index contributed by atoms with van der Waals surface area (Å²) in [5.74, 6) is 0.810. The quantitative estimate of drug-likeness (QED) is 0.788. The lowest BCUT2D eigenvalue weighted by atomic mass is 10.4. The molecule has 2 rings (SSSR count). The van der Waals surface area contributed by atoms with E-state index in [9.17, 15) is 0 Å². The van der Waals surface area contributed by atoms with Crippen molar-refractivity contribution in [1.29, 1.82) is 0 Å². The molecule has 0 saturated heterocycles. The Morgan fingerprint density at radius 1 is 1.33 bits per heavy atom. The van der Waals surface area contributed by atoms with Gasteiger partial charge in [0, 0.05) is 13.1 Å². The van der Waals surface area contributed by atoms with Crippen LogP contribution >= 0.6 is 0 Å². The van der Waals surface area contributed by atoms with Crippen LogP contribution in [0.2, 0.25) is 0 Å². The molecule has 2 heterocycles. The van der Waals surface area contributed by atoms with E-state index >= 15 is 0 Å². The van der Waals surface area contributed by atoms with Crippen LogP contribution in [0.3, 0.4) is 0 Å². The molecule has 18 heavy (non-hydrogen) atoms. The summed E-state index contributed by atoms with van der Waals surface area (Å²) in [5.41, 5.74) is 2.12. The monoisotopic (exact) mass is 248 g/mol. The Labute approximate surface area is 107 Å². The smallest absolute Gasteiger partial charge is 0.157 e. The third kappa shape index (κ3) is 2.91. The van der Waals surface area contributed by atoms with Gasteiger partial charge in [0.1, 0.15) is 6.61 Å². The Hall–Kier alpha value is -1.78. The molecule has 0 aromatic carbocycles. The first kappa shape index (κ1) is 12.7. The number of aryl methyl sites for hydroxylation is 3. The Morgan fingerprint density at radius 3 is 2.89 bits per heavy atom. The molecule has 98 valence electrons. The van der Waals surface area contributed by atoms with Crippen LogP contribution in [0.25, 0.3) is 0 Å². The molecule has 0 N–H and O–H groups in total. The molecule has 0 aliphatic heterocycles. The predicted octanol–water partition coefficient (Wildman–Crippen LogP) is 2.40. The van der Waals surface area contributed by atoms with Crippen molar-refractivity contribution in [3.8, 4) is 5.75 Å². The fourth-order valence-electron chi connectivity index (χ4n) is 1.92. The van der Waals surface area contributed by atoms with Crippen LogP contribution in [0, 0.1) is 6.92 Å². The number of rotatable bonds is 6. The van der Waals surface area contributed by atoms with Gasteiger partial charge in [-0.1, -0.05) is 6.92 Å². The normalized spacial score (nSPS) is 10.8. The summed E-state index contributed by atoms with van der Waals surface area (Å²) >= 11 is 0. The van der Waals surface area contributed by atoms with Crippen molar-refractivity contribution in [3.05, 3.63) is 29.8 Å². The van der Waals surface area contributed by atoms with Crippen molar-refractivity contribution in [1.82, 2.24) is 19.6 Å². The lowest BCUT2D eigenvalue weighted by Crippen LogP contribution is -2.05. The first-order valence-corrected chi connectivity index (χ1v) is 6.41. The predicted molar refractivity (Wildman–Crippen MR) is 69.5 cm³/mol. The van der Waals surface area contributed by atoms with Crippen LogP contribution in [0.15, 0.2) is 18.5 Å². The van der Waals surface area contributed by atoms with E-state index < -0.39 is 0 Å². The molecule has 0 aliphatic carbocycles. The average molecular weight is 248 g/mol. The van der Waals surface area contributed by atoms with Gasteiger partial charge in [-0.15, -0.1) is 0 Å². The SMILES string of the molecule is CCCn1cc(OCc2cc(C)nn2CC)cn1. The minimum atomic E-state index is 0.534. The van der Waals surface area contributed by atoms with E-state index in [2.05, 4.69) is 30.1 Å². The van der Waals surface area contributed by atoms with E-state index in [1.54, 1.807) is 6.20 Å². The van der Waals surface area contributed by atoms with Crippen molar-refractivity contribution in [2.45, 2.75) is 46.9 Å². The molecular weight excluding hydrogens is 228 g/mol. The van der Waals surface area contributed by atoms with Gasteiger partial charge in [-0.2, -0.15) is 10.2 Å². The van der Waals surface area contributed by atoms with E-state index in [0.29, 0.717) is 6.61 Å². The van der Waals surface area contributed by atoms with Gasteiger partial charge in [0.2, 0.25) is 0 Å². The zero-order chi connectivity index (χ0) is 13.0. The summed E-state index contributed by atoms with van der Waals surface area (Å²) < 4.78 is 9.60. The molecule has 5 heteroatoms. The van der Waals surface area contributed by atoms with Crippen LogP contribution < -0.4 is 4.74 Å². The molecular formula is C13H20N4O. The Balaban J connectivity index is 1.97. The Bertz CT molecular complexity index is 501. The number of aromatic nitrogens is 4. The highest BCUT2D eigenvalue weighted by Gasteiger charge is 2.05. The molecule has 0 saturated carbocycles. The van der Waals surface area contributed by atoms with E-state index in [4.69, 9.17) is 4.74 Å². The van der Waals surface area contributed by atoms with Gasteiger partial charge in [0.05, 0.1) is 23.8 Å². The molecule has 0 fully saturated rings. The zero-order valence-corrected chi connectivity index (χ0v) is 11.3. The summed E-state index contributed by atoms with van der Waals surface area (Å²) in [5, 5.41) is 8.63. The molecule has 0 atom stereocenters. The molecule has 2 aromatic heterocycles. The maximum Gasteiger partial charge on any atom is 0.157 e. The Kier molecular flexibility index (Phi) is 4.02. The van der Waals surface area contributed by atoms with E-state index in [1.807, 2.05) is 22.5 Å². The summed E-state index contributed by atoms with van der Waals surface area (Å²) in [7, 11) is 0. The highest BCUT2D eigenvalue weighted by Crippen LogP contribution is 2.12. The number of hydrogen-bond donors (Lipinski definition) is 0. The fraction of sp³-hybridized carbons (Fsp3) is 0.538. The summed E-state index contributed by atoms with van der Waals surface area (Å²) in [6, 6.07) is 2.06. The maximum absolute atomic E-state index is 5.73. The minimum absolute atomic E-state index is 0.534. The summed E-state index contributed by atoms with van der Waals surface area (Å²) in [4.78, 5) is 0. The second kappa shape index (κ2) is 5.71. The van der Waals surface area contributed by atoms with Gasteiger partial charge in [-0.25, -0.2) is 0 Å². The van der Waals surface area contributed by atoms with E-state index in [1.165, 1.54) is 0 Å². The van der Waals surface area contributed by atoms with Crippen LogP contribution in [-0.4, -0.2) is 19.6 Å². The van der Waals surface area contributed by atoms with Gasteiger partial charge < -0.3 is 4.74 Å². The second-order valence-electron chi connectivity index (χ2n) is 4.32. The fourth-order valence-corrected chi connectivity index (χ4v) is 1.92. The van der Waals surface area contributed by atoms with Crippen molar-refractivity contribution < 1.29 is 4.74 Å². The summed E-state index contributed by atoms with van der Waals surface area (Å²) in [6.07, 6.45) is 4.76. The third-order valence-electron chi connectivity index (χ3n) is 2.73. The highest BCUT2D eigenvalue weighted by molar-refractivity contribution is 5.14. The second-order valence-corrected chi connectivity index (χ2v) is 4.32. The van der Waals surface area contributed by atoms with Crippen LogP contribution in [0.5, 0.6) is 5.75 Å². The zero-order valence-electron chi connectivity index (χ0n) is 11.3. The number of hydrogen-bond acceptors (Lipinski definition) is 3. The summed E-state index contributed by atoms with van der Waals surface area (Å²) in [6.45, 7) is 8.53. The van der Waals surface area contributed by atoms with Crippen LogP contribution in [0.1, 0.15) is 31.7 Å². The molecule has 0 radical (unpaired) electrons. The lowest BCUT2D eigenvalue weighted by molar-refractivity contribution is 0.292. The number of nitrogens with zero attached hydrogens (tertiary/aromatic N) is 4. The van der Waals surface area contributed by atoms with Gasteiger partial charge in [0.25, 0.3) is 0 Å². The minimum Gasteiger partial charge on any atom is -0.484 e. The number of ether oxygens (including phenoxy) is 1. The van der Waals surface area contributed by atoms with Crippen molar-refractivity contribution in [2.24, 2.45) is 0 Å². The van der Waals surface area contributed by atoms with Crippen molar-refractivity contribution in [2.75, 3.05) is 0 Å². The topological polar surface area (TPSA) is 44.9 Å². The van der Waals surface area contributed by atoms with Gasteiger partial charge in [0.15, 0.2) is 5.75 Å². The van der Waals surface area contributed by atoms with Gasteiger partial charge >= 0.3 is 0 Å². The molecule has 0 bridgehead atoms. The van der Waals surface area contributed by atoms with Crippen LogP contribution in [-0.2, 0) is 19.7 Å². The lowest BCUT2D eigenvalue weighted by Gasteiger charge is -2.05. The van der Waals surface area contributed by atoms with Crippen molar-refractivity contribution >= 4 is 0 Å². The first-order chi connectivity index (χ1) is 8.72. The maximum atomic E-state index is 5.73. The molecule has 5 nitrogen and oxygen atoms in total. The molecule has 0 unspecified atom stereocenters. The third-order valence-corrected chi connectivity index (χ3v) is 2.73. The average Bonchev–Trinajstić information content (AvgIpc) is 2.93. The molecule has 0 spiro atoms. The van der Waals surface area contributed by atoms with Crippen LogP contribution in [0.4, 0.5) is 0 Å². The Morgan fingerprint density at radius 2 is 2.17 bits per heavy atom. The van der Waals surface area contributed by atoms with Gasteiger partial charge in [-0.3, -0.25) is 9.36 Å².